The van der Waals surface area contributed by atoms with Crippen LogP contribution in [0.15, 0.2) is 63.9 Å². The normalized spacial score (nSPS) is 12.5. The van der Waals surface area contributed by atoms with Gasteiger partial charge in [-0.25, -0.2) is 18.1 Å². The van der Waals surface area contributed by atoms with Gasteiger partial charge >= 0.3 is 0 Å². The molecule has 0 aliphatic carbocycles. The van der Waals surface area contributed by atoms with Gasteiger partial charge in [0.15, 0.2) is 5.69 Å². The van der Waals surface area contributed by atoms with Crippen LogP contribution < -0.4 is 10.0 Å². The van der Waals surface area contributed by atoms with Crippen molar-refractivity contribution in [3.05, 3.63) is 66.1 Å². The van der Waals surface area contributed by atoms with E-state index in [-0.39, 0.29) is 23.2 Å². The Morgan fingerprint density at radius 3 is 2.43 bits per heavy atom. The number of carbonyl (C=O) groups excluding carboxylic acids is 1. The molecule has 3 rings (SSSR count). The monoisotopic (exact) mass is 429 g/mol. The maximum absolute atomic E-state index is 12.6. The van der Waals surface area contributed by atoms with Crippen molar-refractivity contribution in [1.82, 2.24) is 9.71 Å². The van der Waals surface area contributed by atoms with Gasteiger partial charge in [0.05, 0.1) is 11.5 Å². The van der Waals surface area contributed by atoms with Gasteiger partial charge in [0.1, 0.15) is 5.76 Å². The van der Waals surface area contributed by atoms with Crippen molar-refractivity contribution in [3.8, 4) is 11.5 Å². The number of hydrogen-bond acceptors (Lipinski definition) is 6. The van der Waals surface area contributed by atoms with Gasteiger partial charge in [-0.15, -0.1) is 0 Å². The van der Waals surface area contributed by atoms with E-state index >= 15 is 0 Å². The molecule has 1 aromatic heterocycles. The summed E-state index contributed by atoms with van der Waals surface area (Å²) in [5.74, 6) is 0.304. The highest BCUT2D eigenvalue weighted by molar-refractivity contribution is 7.89. The maximum Gasteiger partial charge on any atom is 0.277 e. The van der Waals surface area contributed by atoms with Crippen LogP contribution in [0.1, 0.15) is 23.2 Å². The highest BCUT2D eigenvalue weighted by atomic mass is 32.2. The van der Waals surface area contributed by atoms with Gasteiger partial charge in [0.2, 0.25) is 15.9 Å². The van der Waals surface area contributed by atoms with Crippen LogP contribution in [0.3, 0.4) is 0 Å². The number of methoxy groups -OCH3 is 1. The minimum absolute atomic E-state index is 0.0902. The lowest BCUT2D eigenvalue weighted by Crippen LogP contribution is -2.35. The van der Waals surface area contributed by atoms with Crippen LogP contribution in [0.2, 0.25) is 0 Å². The van der Waals surface area contributed by atoms with Crippen LogP contribution in [0, 0.1) is 6.92 Å². The molecule has 158 valence electrons. The van der Waals surface area contributed by atoms with E-state index in [0.29, 0.717) is 17.3 Å². The van der Waals surface area contributed by atoms with Crippen molar-refractivity contribution in [2.75, 3.05) is 19.0 Å². The fraction of sp³-hybridized carbons (Fsp3) is 0.238. The second-order valence-electron chi connectivity index (χ2n) is 6.75. The van der Waals surface area contributed by atoms with E-state index in [2.05, 4.69) is 15.0 Å². The lowest BCUT2D eigenvalue weighted by atomic mass is 10.2. The second kappa shape index (κ2) is 9.21. The van der Waals surface area contributed by atoms with Gasteiger partial charge < -0.3 is 14.5 Å². The zero-order chi connectivity index (χ0) is 21.7. The number of hydrogen-bond donors (Lipinski definition) is 2. The summed E-state index contributed by atoms with van der Waals surface area (Å²) in [7, 11) is -2.18. The number of carbonyl (C=O) groups is 1. The number of oxazole rings is 1. The van der Waals surface area contributed by atoms with Crippen molar-refractivity contribution in [3.63, 3.8) is 0 Å². The Bertz CT molecular complexity index is 1110. The summed E-state index contributed by atoms with van der Waals surface area (Å²) in [6, 6.07) is 14.8. The predicted octanol–water partition coefficient (Wildman–Crippen LogP) is 3.22. The Balaban J connectivity index is 1.72. The molecule has 30 heavy (non-hydrogen) atoms. The summed E-state index contributed by atoms with van der Waals surface area (Å²) in [6.07, 6.45) is 0. The fourth-order valence-corrected chi connectivity index (χ4v) is 4.06. The van der Waals surface area contributed by atoms with Gasteiger partial charge in [-0.2, -0.15) is 0 Å². The molecule has 0 aliphatic rings. The standard InChI is InChI=1S/C21H23N3O5S/c1-14(13-28-3)24-30(26,27)18-11-9-17(10-12-18)22-20(25)19-15(2)29-21(23-19)16-7-5-4-6-8-16/h4-12,14,24H,13H2,1-3H3,(H,22,25)/t14-/m1/s1. The molecule has 2 aromatic carbocycles. The van der Waals surface area contributed by atoms with Crippen LogP contribution in [0.25, 0.3) is 11.5 Å². The number of benzene rings is 2. The number of aryl methyl sites for hydroxylation is 1. The van der Waals surface area contributed by atoms with Gasteiger partial charge in [-0.3, -0.25) is 4.79 Å². The summed E-state index contributed by atoms with van der Waals surface area (Å²) in [5.41, 5.74) is 1.37. The first-order valence-corrected chi connectivity index (χ1v) is 10.7. The van der Waals surface area contributed by atoms with Crippen LogP contribution in [-0.2, 0) is 14.8 Å². The molecular weight excluding hydrogens is 406 g/mol. The average Bonchev–Trinajstić information content (AvgIpc) is 3.11. The smallest absolute Gasteiger partial charge is 0.277 e. The van der Waals surface area contributed by atoms with Gasteiger partial charge in [0.25, 0.3) is 5.91 Å². The number of anilines is 1. The third kappa shape index (κ3) is 5.12. The molecule has 1 amide bonds. The van der Waals surface area contributed by atoms with Crippen LogP contribution in [0.4, 0.5) is 5.69 Å². The first-order valence-electron chi connectivity index (χ1n) is 9.25. The largest absolute Gasteiger partial charge is 0.441 e. The molecule has 0 bridgehead atoms. The van der Waals surface area contributed by atoms with Crippen molar-refractivity contribution in [2.24, 2.45) is 0 Å². The topological polar surface area (TPSA) is 111 Å². The average molecular weight is 429 g/mol. The van der Waals surface area contributed by atoms with Crippen molar-refractivity contribution in [2.45, 2.75) is 24.8 Å². The number of aromatic nitrogens is 1. The van der Waals surface area contributed by atoms with Gasteiger partial charge in [-0.05, 0) is 50.2 Å². The molecule has 1 heterocycles. The molecule has 0 saturated heterocycles. The molecule has 2 N–H and O–H groups in total. The highest BCUT2D eigenvalue weighted by Gasteiger charge is 2.20. The highest BCUT2D eigenvalue weighted by Crippen LogP contribution is 2.22. The molecule has 0 spiro atoms. The molecule has 3 aromatic rings. The zero-order valence-electron chi connectivity index (χ0n) is 16.9. The van der Waals surface area contributed by atoms with E-state index in [9.17, 15) is 13.2 Å². The summed E-state index contributed by atoms with van der Waals surface area (Å²) < 4.78 is 37.8. The van der Waals surface area contributed by atoms with Crippen LogP contribution in [-0.4, -0.2) is 39.1 Å². The number of ether oxygens (including phenoxy) is 1. The third-order valence-electron chi connectivity index (χ3n) is 4.23. The number of rotatable bonds is 8. The number of nitrogens with one attached hydrogen (secondary N) is 2. The third-order valence-corrected chi connectivity index (χ3v) is 5.83. The summed E-state index contributed by atoms with van der Waals surface area (Å²) in [6.45, 7) is 3.63. The number of amides is 1. The maximum atomic E-state index is 12.6. The summed E-state index contributed by atoms with van der Waals surface area (Å²) >= 11 is 0. The van der Waals surface area contributed by atoms with Gasteiger partial charge in [0, 0.05) is 24.4 Å². The Kier molecular flexibility index (Phi) is 6.66. The van der Waals surface area contributed by atoms with E-state index < -0.39 is 15.9 Å². The van der Waals surface area contributed by atoms with Crippen LogP contribution in [0.5, 0.6) is 0 Å². The Hall–Kier alpha value is -3.01. The quantitative estimate of drug-likeness (QED) is 0.569. The Morgan fingerprint density at radius 2 is 1.80 bits per heavy atom. The Morgan fingerprint density at radius 1 is 1.13 bits per heavy atom. The zero-order valence-corrected chi connectivity index (χ0v) is 17.7. The van der Waals surface area contributed by atoms with E-state index in [4.69, 9.17) is 9.15 Å². The first kappa shape index (κ1) is 21.7. The minimum Gasteiger partial charge on any atom is -0.441 e. The molecule has 0 aliphatic heterocycles. The molecule has 9 heteroatoms. The fourth-order valence-electron chi connectivity index (χ4n) is 2.84. The number of sulfonamides is 1. The lowest BCUT2D eigenvalue weighted by molar-refractivity contribution is 0.102. The van der Waals surface area contributed by atoms with E-state index in [1.54, 1.807) is 13.8 Å². The van der Waals surface area contributed by atoms with E-state index in [0.717, 1.165) is 5.56 Å². The molecule has 0 unspecified atom stereocenters. The first-order chi connectivity index (χ1) is 14.3. The molecule has 0 fully saturated rings. The summed E-state index contributed by atoms with van der Waals surface area (Å²) in [4.78, 5) is 17.0. The van der Waals surface area contributed by atoms with Crippen molar-refractivity contribution >= 4 is 21.6 Å². The minimum atomic E-state index is -3.68. The van der Waals surface area contributed by atoms with Crippen molar-refractivity contribution in [1.29, 1.82) is 0 Å². The predicted molar refractivity (Wildman–Crippen MR) is 113 cm³/mol. The Labute approximate surface area is 175 Å². The molecule has 0 saturated carbocycles. The molecular formula is C21H23N3O5S. The SMILES string of the molecule is COC[C@@H](C)NS(=O)(=O)c1ccc(NC(=O)c2nc(-c3ccccc3)oc2C)cc1. The number of nitrogens with zero attached hydrogens (tertiary/aromatic N) is 1. The summed E-state index contributed by atoms with van der Waals surface area (Å²) in [5, 5.41) is 2.71. The van der Waals surface area contributed by atoms with E-state index in [1.807, 2.05) is 30.3 Å². The molecule has 8 nitrogen and oxygen atoms in total. The van der Waals surface area contributed by atoms with Crippen LogP contribution >= 0.6 is 0 Å². The van der Waals surface area contributed by atoms with Crippen molar-refractivity contribution < 1.29 is 22.4 Å². The lowest BCUT2D eigenvalue weighted by Gasteiger charge is -2.13. The van der Waals surface area contributed by atoms with E-state index in [1.165, 1.54) is 31.4 Å². The molecule has 0 radical (unpaired) electrons. The molecule has 1 atom stereocenters. The second-order valence-corrected chi connectivity index (χ2v) is 8.46. The van der Waals surface area contributed by atoms with Gasteiger partial charge in [-0.1, -0.05) is 18.2 Å².